The predicted octanol–water partition coefficient (Wildman–Crippen LogP) is 6.94. The zero-order valence-corrected chi connectivity index (χ0v) is 20.6. The minimum Gasteiger partial charge on any atom is -0.294 e. The number of hydrogen-bond acceptors (Lipinski definition) is 6. The van der Waals surface area contributed by atoms with Crippen molar-refractivity contribution in [2.45, 2.75) is 33.1 Å². The lowest BCUT2D eigenvalue weighted by Gasteiger charge is -2.11. The fourth-order valence-electron chi connectivity index (χ4n) is 3.98. The molecular formula is C29H29N5O2. The molecule has 0 N–H and O–H groups in total. The number of fused-ring (bicyclic) bond motifs is 1. The van der Waals surface area contributed by atoms with Gasteiger partial charge in [-0.25, -0.2) is 4.99 Å². The summed E-state index contributed by atoms with van der Waals surface area (Å²) in [5.41, 5.74) is 6.48. The molecule has 1 aliphatic rings. The van der Waals surface area contributed by atoms with Gasteiger partial charge in [0.1, 0.15) is 0 Å². The lowest BCUT2D eigenvalue weighted by atomic mass is 10.0. The van der Waals surface area contributed by atoms with Gasteiger partial charge in [-0.2, -0.15) is 0 Å². The van der Waals surface area contributed by atoms with Gasteiger partial charge in [-0.1, -0.05) is 60.7 Å². The van der Waals surface area contributed by atoms with E-state index in [9.17, 15) is 10.1 Å². The monoisotopic (exact) mass is 479 g/mol. The van der Waals surface area contributed by atoms with Crippen LogP contribution in [-0.2, 0) is 0 Å². The molecule has 0 bridgehead atoms. The van der Waals surface area contributed by atoms with Crippen LogP contribution in [0.5, 0.6) is 0 Å². The lowest BCUT2D eigenvalue weighted by Crippen LogP contribution is -2.07. The van der Waals surface area contributed by atoms with Crippen LogP contribution in [0.4, 0.5) is 17.1 Å². The second-order valence-electron chi connectivity index (χ2n) is 8.72. The standard InChI is InChI=1S/C29H29N5O2/c1-21-18-27(23-10-5-3-6-11-23)32-26-15-14-25(34(35)36)20-29(26)33-28(24-12-7-4-8-13-24)19-22(2)31-17-9-16-30-21/h3-8,10-15,20H,9,16-19H2,1-2H3. The Morgan fingerprint density at radius 2 is 1.19 bits per heavy atom. The van der Waals surface area contributed by atoms with Crippen molar-refractivity contribution in [3.8, 4) is 0 Å². The van der Waals surface area contributed by atoms with Gasteiger partial charge in [0.2, 0.25) is 0 Å². The Bertz CT molecular complexity index is 1340. The summed E-state index contributed by atoms with van der Waals surface area (Å²) < 4.78 is 0. The molecular weight excluding hydrogens is 450 g/mol. The van der Waals surface area contributed by atoms with Gasteiger partial charge < -0.3 is 0 Å². The van der Waals surface area contributed by atoms with Crippen LogP contribution < -0.4 is 0 Å². The maximum atomic E-state index is 11.6. The number of aliphatic imine (C=N–C) groups is 4. The van der Waals surface area contributed by atoms with E-state index in [2.05, 4.69) is 0 Å². The number of non-ortho nitro benzene ring substituents is 1. The van der Waals surface area contributed by atoms with E-state index in [0.29, 0.717) is 37.3 Å². The summed E-state index contributed by atoms with van der Waals surface area (Å²) in [4.78, 5) is 30.6. The minimum atomic E-state index is -0.404. The van der Waals surface area contributed by atoms with E-state index in [4.69, 9.17) is 20.0 Å². The van der Waals surface area contributed by atoms with Crippen molar-refractivity contribution in [1.29, 1.82) is 0 Å². The van der Waals surface area contributed by atoms with Crippen LogP contribution in [0.25, 0.3) is 0 Å². The van der Waals surface area contributed by atoms with E-state index in [1.807, 2.05) is 74.5 Å². The molecule has 0 amide bonds. The van der Waals surface area contributed by atoms with Crippen LogP contribution in [0.1, 0.15) is 44.2 Å². The van der Waals surface area contributed by atoms with Crippen LogP contribution in [0.15, 0.2) is 98.8 Å². The Kier molecular flexibility index (Phi) is 8.24. The van der Waals surface area contributed by atoms with E-state index < -0.39 is 4.92 Å². The van der Waals surface area contributed by atoms with E-state index >= 15 is 0 Å². The van der Waals surface area contributed by atoms with Crippen LogP contribution in [0.3, 0.4) is 0 Å². The normalized spacial score (nSPS) is 15.3. The Balaban J connectivity index is 1.94. The summed E-state index contributed by atoms with van der Waals surface area (Å²) in [5, 5.41) is 11.6. The Morgan fingerprint density at radius 3 is 1.69 bits per heavy atom. The topological polar surface area (TPSA) is 92.6 Å². The van der Waals surface area contributed by atoms with E-state index in [1.165, 1.54) is 12.1 Å². The summed E-state index contributed by atoms with van der Waals surface area (Å²) >= 11 is 0. The first-order chi connectivity index (χ1) is 17.5. The fourth-order valence-corrected chi connectivity index (χ4v) is 3.98. The third kappa shape index (κ3) is 6.66. The van der Waals surface area contributed by atoms with Crippen LogP contribution in [0.2, 0.25) is 0 Å². The Labute approximate surface area is 211 Å². The Hall–Kier alpha value is -4.26. The maximum Gasteiger partial charge on any atom is 0.271 e. The molecule has 36 heavy (non-hydrogen) atoms. The maximum absolute atomic E-state index is 11.6. The average molecular weight is 480 g/mol. The predicted molar refractivity (Wildman–Crippen MR) is 148 cm³/mol. The van der Waals surface area contributed by atoms with Crippen LogP contribution in [0, 0.1) is 10.1 Å². The molecule has 3 aromatic rings. The summed E-state index contributed by atoms with van der Waals surface area (Å²) in [6, 6.07) is 24.4. The first-order valence-electron chi connectivity index (χ1n) is 12.0. The van der Waals surface area contributed by atoms with Crippen molar-refractivity contribution in [1.82, 2.24) is 0 Å². The molecule has 3 aromatic carbocycles. The highest BCUT2D eigenvalue weighted by molar-refractivity contribution is 6.14. The first kappa shape index (κ1) is 24.9. The van der Waals surface area contributed by atoms with Crippen molar-refractivity contribution >= 4 is 39.9 Å². The zero-order valence-electron chi connectivity index (χ0n) is 20.6. The van der Waals surface area contributed by atoms with Crippen molar-refractivity contribution in [3.63, 3.8) is 0 Å². The highest BCUT2D eigenvalue weighted by Crippen LogP contribution is 2.34. The minimum absolute atomic E-state index is 0.0255. The molecule has 0 unspecified atom stereocenters. The van der Waals surface area contributed by atoms with Gasteiger partial charge in [0.15, 0.2) is 0 Å². The molecule has 0 aliphatic carbocycles. The molecule has 0 atom stereocenters. The first-order valence-corrected chi connectivity index (χ1v) is 12.0. The van der Waals surface area contributed by atoms with Crippen molar-refractivity contribution in [2.75, 3.05) is 13.1 Å². The van der Waals surface area contributed by atoms with E-state index in [-0.39, 0.29) is 5.69 Å². The lowest BCUT2D eigenvalue weighted by molar-refractivity contribution is -0.384. The summed E-state index contributed by atoms with van der Waals surface area (Å²) in [5.74, 6) is 0. The fraction of sp³-hybridized carbons (Fsp3) is 0.241. The second-order valence-corrected chi connectivity index (χ2v) is 8.72. The van der Waals surface area contributed by atoms with Gasteiger partial charge in [-0.3, -0.25) is 25.1 Å². The molecule has 182 valence electrons. The Morgan fingerprint density at radius 1 is 0.694 bits per heavy atom. The van der Waals surface area contributed by atoms with Crippen molar-refractivity contribution < 1.29 is 4.92 Å². The number of nitro groups is 1. The number of rotatable bonds is 3. The second kappa shape index (κ2) is 11.9. The SMILES string of the molecule is CC1=NCCCN=C(C)CC(c2ccccc2)=Nc2cc([N+](=O)[O-])ccc2N=C(c2ccccc2)C1. The van der Waals surface area contributed by atoms with E-state index in [1.54, 1.807) is 6.07 Å². The average Bonchev–Trinajstić information content (AvgIpc) is 2.89. The summed E-state index contributed by atoms with van der Waals surface area (Å²) in [6.07, 6.45) is 1.96. The molecule has 7 nitrogen and oxygen atoms in total. The largest absolute Gasteiger partial charge is 0.294 e. The van der Waals surface area contributed by atoms with Gasteiger partial charge in [0.25, 0.3) is 5.69 Å². The molecule has 1 aliphatic heterocycles. The smallest absolute Gasteiger partial charge is 0.271 e. The highest BCUT2D eigenvalue weighted by atomic mass is 16.6. The number of nitro benzene ring substituents is 1. The molecule has 0 saturated heterocycles. The molecule has 0 saturated carbocycles. The van der Waals surface area contributed by atoms with Crippen molar-refractivity contribution in [3.05, 3.63) is 100 Å². The van der Waals surface area contributed by atoms with Crippen molar-refractivity contribution in [2.24, 2.45) is 20.0 Å². The van der Waals surface area contributed by atoms with Gasteiger partial charge >= 0.3 is 0 Å². The van der Waals surface area contributed by atoms with Gasteiger partial charge in [0, 0.05) is 49.5 Å². The third-order valence-corrected chi connectivity index (χ3v) is 5.82. The molecule has 0 spiro atoms. The van der Waals surface area contributed by atoms with Crippen LogP contribution in [-0.4, -0.2) is 40.9 Å². The molecule has 0 aromatic heterocycles. The highest BCUT2D eigenvalue weighted by Gasteiger charge is 2.15. The number of hydrogen-bond donors (Lipinski definition) is 0. The van der Waals surface area contributed by atoms with Gasteiger partial charge in [-0.15, -0.1) is 0 Å². The molecule has 4 rings (SSSR count). The quantitative estimate of drug-likeness (QED) is 0.300. The van der Waals surface area contributed by atoms with Gasteiger partial charge in [-0.05, 0) is 37.5 Å². The third-order valence-electron chi connectivity index (χ3n) is 5.82. The summed E-state index contributed by atoms with van der Waals surface area (Å²) in [6.45, 7) is 5.39. The zero-order chi connectivity index (χ0) is 25.3. The molecule has 0 fully saturated rings. The van der Waals surface area contributed by atoms with Gasteiger partial charge in [0.05, 0.1) is 27.7 Å². The van der Waals surface area contributed by atoms with Crippen LogP contribution >= 0.6 is 0 Å². The molecule has 0 radical (unpaired) electrons. The summed E-state index contributed by atoms with van der Waals surface area (Å²) in [7, 11) is 0. The van der Waals surface area contributed by atoms with E-state index in [0.717, 1.165) is 40.4 Å². The molecule has 1 heterocycles. The number of benzene rings is 3. The number of nitrogens with zero attached hydrogens (tertiary/aromatic N) is 5. The molecule has 7 heteroatoms.